The monoisotopic (exact) mass is 358 g/mol. The Morgan fingerprint density at radius 2 is 1.86 bits per heavy atom. The highest BCUT2D eigenvalue weighted by molar-refractivity contribution is 7.90. The summed E-state index contributed by atoms with van der Waals surface area (Å²) in [5, 5.41) is 3.09. The van der Waals surface area contributed by atoms with Gasteiger partial charge in [-0.15, -0.1) is 0 Å². The van der Waals surface area contributed by atoms with Crippen LogP contribution >= 0.6 is 23.2 Å². The Morgan fingerprint density at radius 3 is 2.45 bits per heavy atom. The van der Waals surface area contributed by atoms with E-state index in [0.29, 0.717) is 5.02 Å². The van der Waals surface area contributed by atoms with Gasteiger partial charge in [-0.25, -0.2) is 8.42 Å². The lowest BCUT2D eigenvalue weighted by Crippen LogP contribution is -2.14. The molecule has 0 heterocycles. The molecule has 0 atom stereocenters. The predicted octanol–water partition coefficient (Wildman–Crippen LogP) is 3.23. The van der Waals surface area contributed by atoms with E-state index in [4.69, 9.17) is 28.9 Å². The summed E-state index contributed by atoms with van der Waals surface area (Å²) in [4.78, 5) is 12.3. The van der Waals surface area contributed by atoms with Crippen molar-refractivity contribution in [3.8, 4) is 0 Å². The molecule has 0 saturated heterocycles. The molecule has 116 valence electrons. The second-order valence-electron chi connectivity index (χ2n) is 4.61. The van der Waals surface area contributed by atoms with Crippen LogP contribution in [0.2, 0.25) is 10.0 Å². The number of anilines is 2. The average Bonchev–Trinajstić information content (AvgIpc) is 2.41. The molecule has 0 radical (unpaired) electrons. The van der Waals surface area contributed by atoms with Crippen molar-refractivity contribution in [2.45, 2.75) is 4.90 Å². The van der Waals surface area contributed by atoms with Crippen molar-refractivity contribution < 1.29 is 13.2 Å². The number of nitrogens with two attached hydrogens (primary N) is 1. The fourth-order valence-electron chi connectivity index (χ4n) is 1.78. The Hall–Kier alpha value is -1.76. The predicted molar refractivity (Wildman–Crippen MR) is 88.4 cm³/mol. The van der Waals surface area contributed by atoms with E-state index >= 15 is 0 Å². The highest BCUT2D eigenvalue weighted by Gasteiger charge is 2.14. The normalized spacial score (nSPS) is 11.2. The van der Waals surface area contributed by atoms with E-state index in [1.165, 1.54) is 36.4 Å². The lowest BCUT2D eigenvalue weighted by molar-refractivity contribution is 0.102. The number of nitrogen functional groups attached to an aromatic ring is 1. The van der Waals surface area contributed by atoms with Gasteiger partial charge in [-0.2, -0.15) is 0 Å². The Morgan fingerprint density at radius 1 is 1.18 bits per heavy atom. The SMILES string of the molecule is CS(=O)(=O)c1cccc(C(=O)Nc2c(N)cc(Cl)cc2Cl)c1. The molecular formula is C14H12Cl2N2O3S. The molecule has 0 aliphatic heterocycles. The molecule has 2 aromatic rings. The van der Waals surface area contributed by atoms with Crippen molar-refractivity contribution >= 4 is 50.3 Å². The first kappa shape index (κ1) is 16.6. The van der Waals surface area contributed by atoms with Crippen LogP contribution in [-0.4, -0.2) is 20.6 Å². The Kier molecular flexibility index (Phi) is 4.65. The number of amides is 1. The first-order chi connectivity index (χ1) is 10.2. The Balaban J connectivity index is 2.35. The molecule has 0 saturated carbocycles. The van der Waals surface area contributed by atoms with Gasteiger partial charge >= 0.3 is 0 Å². The number of nitrogens with one attached hydrogen (secondary N) is 1. The van der Waals surface area contributed by atoms with Crippen LogP contribution in [0.25, 0.3) is 0 Å². The van der Waals surface area contributed by atoms with E-state index in [1.807, 2.05) is 0 Å². The summed E-state index contributed by atoms with van der Waals surface area (Å²) in [6.45, 7) is 0. The van der Waals surface area contributed by atoms with Crippen LogP contribution in [0.15, 0.2) is 41.3 Å². The fraction of sp³-hybridized carbons (Fsp3) is 0.0714. The van der Waals surface area contributed by atoms with Gasteiger partial charge in [-0.05, 0) is 30.3 Å². The largest absolute Gasteiger partial charge is 0.397 e. The van der Waals surface area contributed by atoms with E-state index in [-0.39, 0.29) is 26.9 Å². The maximum absolute atomic E-state index is 12.2. The molecule has 0 unspecified atom stereocenters. The van der Waals surface area contributed by atoms with E-state index < -0.39 is 15.7 Å². The molecule has 0 fully saturated rings. The van der Waals surface area contributed by atoms with Crippen LogP contribution in [-0.2, 0) is 9.84 Å². The van der Waals surface area contributed by atoms with Crippen molar-refractivity contribution in [2.24, 2.45) is 0 Å². The van der Waals surface area contributed by atoms with Gasteiger partial charge in [0.2, 0.25) is 0 Å². The summed E-state index contributed by atoms with van der Waals surface area (Å²) in [6, 6.07) is 8.57. The topological polar surface area (TPSA) is 89.3 Å². The van der Waals surface area contributed by atoms with Gasteiger partial charge in [0.15, 0.2) is 9.84 Å². The second-order valence-corrected chi connectivity index (χ2v) is 7.47. The van der Waals surface area contributed by atoms with E-state index in [9.17, 15) is 13.2 Å². The quantitative estimate of drug-likeness (QED) is 0.824. The number of sulfone groups is 1. The van der Waals surface area contributed by atoms with Gasteiger partial charge in [-0.3, -0.25) is 4.79 Å². The van der Waals surface area contributed by atoms with Crippen LogP contribution in [0, 0.1) is 0 Å². The summed E-state index contributed by atoms with van der Waals surface area (Å²) in [6.07, 6.45) is 1.07. The smallest absolute Gasteiger partial charge is 0.255 e. The molecule has 2 rings (SSSR count). The minimum absolute atomic E-state index is 0.0512. The summed E-state index contributed by atoms with van der Waals surface area (Å²) in [7, 11) is -3.40. The number of carbonyl (C=O) groups excluding carboxylic acids is 1. The van der Waals surface area contributed by atoms with Gasteiger partial charge < -0.3 is 11.1 Å². The maximum atomic E-state index is 12.2. The Bertz CT molecular complexity index is 828. The summed E-state index contributed by atoms with van der Waals surface area (Å²) in [5.74, 6) is -0.526. The van der Waals surface area contributed by atoms with Crippen LogP contribution in [0.4, 0.5) is 11.4 Å². The number of halogens is 2. The molecule has 22 heavy (non-hydrogen) atoms. The molecule has 0 aliphatic carbocycles. The maximum Gasteiger partial charge on any atom is 0.255 e. The van der Waals surface area contributed by atoms with Crippen LogP contribution in [0.5, 0.6) is 0 Å². The van der Waals surface area contributed by atoms with Crippen molar-refractivity contribution in [3.63, 3.8) is 0 Å². The number of hydrogen-bond acceptors (Lipinski definition) is 4. The molecular weight excluding hydrogens is 347 g/mol. The van der Waals surface area contributed by atoms with E-state index in [2.05, 4.69) is 5.32 Å². The van der Waals surface area contributed by atoms with Crippen molar-refractivity contribution in [3.05, 3.63) is 52.0 Å². The first-order valence-corrected chi connectivity index (χ1v) is 8.69. The molecule has 1 amide bonds. The minimum Gasteiger partial charge on any atom is -0.397 e. The highest BCUT2D eigenvalue weighted by atomic mass is 35.5. The van der Waals surface area contributed by atoms with E-state index in [1.54, 1.807) is 0 Å². The third-order valence-corrected chi connectivity index (χ3v) is 4.47. The van der Waals surface area contributed by atoms with Crippen LogP contribution < -0.4 is 11.1 Å². The van der Waals surface area contributed by atoms with Crippen LogP contribution in [0.3, 0.4) is 0 Å². The minimum atomic E-state index is -3.40. The number of hydrogen-bond donors (Lipinski definition) is 2. The molecule has 0 aromatic heterocycles. The zero-order chi connectivity index (χ0) is 16.5. The van der Waals surface area contributed by atoms with Crippen molar-refractivity contribution in [2.75, 3.05) is 17.3 Å². The van der Waals surface area contributed by atoms with Crippen molar-refractivity contribution in [1.82, 2.24) is 0 Å². The summed E-state index contributed by atoms with van der Waals surface area (Å²) >= 11 is 11.8. The molecule has 0 bridgehead atoms. The zero-order valence-corrected chi connectivity index (χ0v) is 13.8. The molecule has 0 spiro atoms. The summed E-state index contributed by atoms with van der Waals surface area (Å²) < 4.78 is 23.0. The molecule has 3 N–H and O–H groups in total. The third kappa shape index (κ3) is 3.71. The van der Waals surface area contributed by atoms with E-state index in [0.717, 1.165) is 6.26 Å². The highest BCUT2D eigenvalue weighted by Crippen LogP contribution is 2.32. The van der Waals surface area contributed by atoms with Gasteiger partial charge in [0.25, 0.3) is 5.91 Å². The zero-order valence-electron chi connectivity index (χ0n) is 11.4. The standard InChI is InChI=1S/C14H12Cl2N2O3S/c1-22(20,21)10-4-2-3-8(5-10)14(19)18-13-11(16)6-9(15)7-12(13)17/h2-7H,17H2,1H3,(H,18,19). The second kappa shape index (κ2) is 6.16. The lowest BCUT2D eigenvalue weighted by Gasteiger charge is -2.11. The summed E-state index contributed by atoms with van der Waals surface area (Å²) in [5.41, 5.74) is 6.38. The lowest BCUT2D eigenvalue weighted by atomic mass is 10.2. The van der Waals surface area contributed by atoms with Crippen LogP contribution in [0.1, 0.15) is 10.4 Å². The number of carbonyl (C=O) groups is 1. The molecule has 0 aliphatic rings. The van der Waals surface area contributed by atoms with Gasteiger partial charge in [0, 0.05) is 16.8 Å². The van der Waals surface area contributed by atoms with Gasteiger partial charge in [-0.1, -0.05) is 29.3 Å². The Labute approximate surface area is 138 Å². The number of rotatable bonds is 3. The third-order valence-electron chi connectivity index (χ3n) is 2.85. The van der Waals surface area contributed by atoms with Crippen molar-refractivity contribution in [1.29, 1.82) is 0 Å². The number of benzene rings is 2. The first-order valence-electron chi connectivity index (χ1n) is 6.04. The van der Waals surface area contributed by atoms with Gasteiger partial charge in [0.05, 0.1) is 21.3 Å². The van der Waals surface area contributed by atoms with Gasteiger partial charge in [0.1, 0.15) is 0 Å². The fourth-order valence-corrected chi connectivity index (χ4v) is 3.00. The molecule has 5 nitrogen and oxygen atoms in total. The average molecular weight is 359 g/mol. The molecule has 8 heteroatoms. The molecule has 2 aromatic carbocycles.